The second-order valence-corrected chi connectivity index (χ2v) is 7.29. The molecule has 26 heavy (non-hydrogen) atoms. The Labute approximate surface area is 155 Å². The highest BCUT2D eigenvalue weighted by molar-refractivity contribution is 7.83. The summed E-state index contributed by atoms with van der Waals surface area (Å²) < 4.78 is 55.0. The van der Waals surface area contributed by atoms with E-state index in [2.05, 4.69) is 0 Å². The second kappa shape index (κ2) is 8.70. The zero-order valence-corrected chi connectivity index (χ0v) is 15.5. The minimum absolute atomic E-state index is 0. The van der Waals surface area contributed by atoms with Crippen LogP contribution in [0.2, 0.25) is 5.02 Å². The van der Waals surface area contributed by atoms with Crippen LogP contribution in [0.4, 0.5) is 13.2 Å². The molecule has 2 rings (SSSR count). The molecule has 144 valence electrons. The molecule has 0 saturated carbocycles. The molecule has 2 N–H and O–H groups in total. The highest BCUT2D eigenvalue weighted by atomic mass is 35.5. The van der Waals surface area contributed by atoms with Crippen LogP contribution in [0.15, 0.2) is 35.3 Å². The van der Waals surface area contributed by atoms with E-state index in [4.69, 9.17) is 16.3 Å². The third-order valence-electron chi connectivity index (χ3n) is 3.26. The predicted octanol–water partition coefficient (Wildman–Crippen LogP) is 2.70. The lowest BCUT2D eigenvalue weighted by Gasteiger charge is -2.15. The maximum atomic E-state index is 12.5. The second-order valence-electron chi connectivity index (χ2n) is 5.44. The SMILES string of the molecule is Cn1cc(-c2cc(CS(C)=O)ccc2OCC(F)(F)F)cc(Cl)c1=O.O. The van der Waals surface area contributed by atoms with Crippen molar-refractivity contribution < 1.29 is 27.6 Å². The Bertz CT molecular complexity index is 841. The van der Waals surface area contributed by atoms with Crippen LogP contribution in [-0.4, -0.2) is 33.3 Å². The van der Waals surface area contributed by atoms with Gasteiger partial charge in [0.25, 0.3) is 5.56 Å². The third kappa shape index (κ3) is 5.86. The Kier molecular flexibility index (Phi) is 7.43. The van der Waals surface area contributed by atoms with Gasteiger partial charge in [-0.25, -0.2) is 0 Å². The number of alkyl halides is 3. The number of pyridine rings is 1. The molecule has 0 spiro atoms. The summed E-state index contributed by atoms with van der Waals surface area (Å²) in [5.41, 5.74) is 1.01. The van der Waals surface area contributed by atoms with Crippen molar-refractivity contribution in [2.75, 3.05) is 12.9 Å². The smallest absolute Gasteiger partial charge is 0.422 e. The van der Waals surface area contributed by atoms with E-state index in [1.54, 1.807) is 12.1 Å². The largest absolute Gasteiger partial charge is 0.483 e. The molecular formula is C16H17ClF3NO4S. The molecule has 0 bridgehead atoms. The molecule has 0 radical (unpaired) electrons. The first-order valence-electron chi connectivity index (χ1n) is 7.06. The standard InChI is InChI=1S/C16H15ClF3NO3S.H2O/c1-21-7-11(6-13(17)15(21)22)12-5-10(8-25(2)23)3-4-14(12)24-9-16(18,19)20;/h3-7H,8-9H2,1-2H3;1H2. The van der Waals surface area contributed by atoms with E-state index in [9.17, 15) is 22.2 Å². The zero-order valence-electron chi connectivity index (χ0n) is 13.9. The number of aryl methyl sites for hydroxylation is 1. The van der Waals surface area contributed by atoms with Gasteiger partial charge in [-0.2, -0.15) is 13.2 Å². The summed E-state index contributed by atoms with van der Waals surface area (Å²) in [4.78, 5) is 11.7. The van der Waals surface area contributed by atoms with Crippen molar-refractivity contribution in [1.29, 1.82) is 0 Å². The summed E-state index contributed by atoms with van der Waals surface area (Å²) in [6, 6.07) is 5.90. The Morgan fingerprint density at radius 3 is 2.46 bits per heavy atom. The van der Waals surface area contributed by atoms with Crippen molar-refractivity contribution in [2.24, 2.45) is 7.05 Å². The summed E-state index contributed by atoms with van der Waals surface area (Å²) in [5.74, 6) is 0.240. The molecule has 1 atom stereocenters. The summed E-state index contributed by atoms with van der Waals surface area (Å²) >= 11 is 5.89. The van der Waals surface area contributed by atoms with Crippen molar-refractivity contribution in [3.63, 3.8) is 0 Å². The fourth-order valence-electron chi connectivity index (χ4n) is 2.23. The predicted molar refractivity (Wildman–Crippen MR) is 95.1 cm³/mol. The highest BCUT2D eigenvalue weighted by Gasteiger charge is 2.29. The number of nitrogens with zero attached hydrogens (tertiary/aromatic N) is 1. The lowest BCUT2D eigenvalue weighted by Crippen LogP contribution is -2.20. The third-order valence-corrected chi connectivity index (χ3v) is 4.27. The molecule has 1 aromatic heterocycles. The molecule has 0 aliphatic rings. The fraction of sp³-hybridized carbons (Fsp3) is 0.312. The summed E-state index contributed by atoms with van der Waals surface area (Å²) in [5, 5.41) is -0.0637. The van der Waals surface area contributed by atoms with Crippen LogP contribution in [0, 0.1) is 0 Å². The van der Waals surface area contributed by atoms with Crippen LogP contribution >= 0.6 is 11.6 Å². The first kappa shape index (κ1) is 22.2. The maximum absolute atomic E-state index is 12.5. The van der Waals surface area contributed by atoms with Crippen LogP contribution in [0.5, 0.6) is 5.75 Å². The quantitative estimate of drug-likeness (QED) is 0.758. The number of hydrogen-bond donors (Lipinski definition) is 0. The number of halogens is 4. The Balaban J connectivity index is 0.00000338. The van der Waals surface area contributed by atoms with Gasteiger partial charge < -0.3 is 14.8 Å². The van der Waals surface area contributed by atoms with Crippen molar-refractivity contribution in [3.8, 4) is 16.9 Å². The van der Waals surface area contributed by atoms with E-state index in [1.165, 1.54) is 36.2 Å². The van der Waals surface area contributed by atoms with E-state index in [0.29, 0.717) is 16.7 Å². The van der Waals surface area contributed by atoms with E-state index < -0.39 is 29.1 Å². The van der Waals surface area contributed by atoms with E-state index in [1.807, 2.05) is 0 Å². The number of rotatable bonds is 5. The summed E-state index contributed by atoms with van der Waals surface area (Å²) in [6.45, 7) is -1.45. The van der Waals surface area contributed by atoms with Gasteiger partial charge in [0.2, 0.25) is 0 Å². The lowest BCUT2D eigenvalue weighted by molar-refractivity contribution is -0.153. The van der Waals surface area contributed by atoms with Crippen molar-refractivity contribution in [1.82, 2.24) is 4.57 Å². The van der Waals surface area contributed by atoms with Gasteiger partial charge in [0.1, 0.15) is 10.8 Å². The molecule has 2 aromatic rings. The average Bonchev–Trinajstić information content (AvgIpc) is 2.49. The van der Waals surface area contributed by atoms with Crippen LogP contribution < -0.4 is 10.3 Å². The highest BCUT2D eigenvalue weighted by Crippen LogP contribution is 2.33. The van der Waals surface area contributed by atoms with Crippen molar-refractivity contribution >= 4 is 22.4 Å². The normalized spacial score (nSPS) is 12.4. The Morgan fingerprint density at radius 1 is 1.27 bits per heavy atom. The molecule has 1 aromatic carbocycles. The van der Waals surface area contributed by atoms with Crippen molar-refractivity contribution in [3.05, 3.63) is 51.4 Å². The van der Waals surface area contributed by atoms with Gasteiger partial charge in [-0.1, -0.05) is 17.7 Å². The van der Waals surface area contributed by atoms with Crippen LogP contribution in [0.1, 0.15) is 5.56 Å². The number of hydrogen-bond acceptors (Lipinski definition) is 3. The zero-order chi connectivity index (χ0) is 18.8. The fourth-order valence-corrected chi connectivity index (χ4v) is 3.13. The van der Waals surface area contributed by atoms with E-state index in [-0.39, 0.29) is 22.0 Å². The molecular weight excluding hydrogens is 395 g/mol. The molecule has 0 aliphatic heterocycles. The molecule has 0 saturated heterocycles. The minimum Gasteiger partial charge on any atom is -0.483 e. The average molecular weight is 412 g/mol. The van der Waals surface area contributed by atoms with Crippen LogP contribution in [0.25, 0.3) is 11.1 Å². The van der Waals surface area contributed by atoms with Crippen LogP contribution in [0.3, 0.4) is 0 Å². The molecule has 0 aliphatic carbocycles. The maximum Gasteiger partial charge on any atom is 0.422 e. The van der Waals surface area contributed by atoms with Gasteiger partial charge in [-0.05, 0) is 23.8 Å². The topological polar surface area (TPSA) is 79.8 Å². The summed E-state index contributed by atoms with van der Waals surface area (Å²) in [6.07, 6.45) is -1.50. The summed E-state index contributed by atoms with van der Waals surface area (Å²) in [7, 11) is 0.365. The van der Waals surface area contributed by atoms with Gasteiger partial charge in [0, 0.05) is 47.2 Å². The first-order chi connectivity index (χ1) is 11.6. The van der Waals surface area contributed by atoms with Gasteiger partial charge in [-0.15, -0.1) is 0 Å². The van der Waals surface area contributed by atoms with E-state index >= 15 is 0 Å². The molecule has 1 heterocycles. The van der Waals surface area contributed by atoms with Gasteiger partial charge in [0.15, 0.2) is 6.61 Å². The van der Waals surface area contributed by atoms with Gasteiger partial charge >= 0.3 is 6.18 Å². The first-order valence-corrected chi connectivity index (χ1v) is 9.16. The monoisotopic (exact) mass is 411 g/mol. The number of ether oxygens (including phenoxy) is 1. The molecule has 0 fully saturated rings. The molecule has 5 nitrogen and oxygen atoms in total. The van der Waals surface area contributed by atoms with E-state index in [0.717, 1.165) is 0 Å². The van der Waals surface area contributed by atoms with Gasteiger partial charge in [-0.3, -0.25) is 9.00 Å². The van der Waals surface area contributed by atoms with Crippen LogP contribution in [-0.2, 0) is 23.6 Å². The number of aromatic nitrogens is 1. The number of benzene rings is 1. The molecule has 10 heteroatoms. The minimum atomic E-state index is -4.48. The van der Waals surface area contributed by atoms with Gasteiger partial charge in [0.05, 0.1) is 0 Å². The Morgan fingerprint density at radius 2 is 1.92 bits per heavy atom. The molecule has 1 unspecified atom stereocenters. The van der Waals surface area contributed by atoms with Crippen molar-refractivity contribution in [2.45, 2.75) is 11.9 Å². The lowest BCUT2D eigenvalue weighted by atomic mass is 10.0. The molecule has 0 amide bonds. The Hall–Kier alpha value is -1.84.